The molecule has 2 rings (SSSR count). The van der Waals surface area contributed by atoms with Crippen LogP contribution in [0.5, 0.6) is 5.88 Å². The van der Waals surface area contributed by atoms with Gasteiger partial charge in [0.25, 0.3) is 0 Å². The number of carbonyl (C=O) groups is 1. The fourth-order valence-corrected chi connectivity index (χ4v) is 2.27. The zero-order chi connectivity index (χ0) is 14.7. The Morgan fingerprint density at radius 1 is 1.40 bits per heavy atom. The molecular weight excluding hydrogens is 276 g/mol. The smallest absolute Gasteiger partial charge is 0.327 e. The highest BCUT2D eigenvalue weighted by molar-refractivity contribution is 7.98. The molecule has 2 aromatic rings. The van der Waals surface area contributed by atoms with Crippen LogP contribution in [0, 0.1) is 6.92 Å². The minimum Gasteiger partial charge on any atom is -0.493 e. The highest BCUT2D eigenvalue weighted by Gasteiger charge is 2.17. The summed E-state index contributed by atoms with van der Waals surface area (Å²) < 4.78 is 5.83. The monoisotopic (exact) mass is 292 g/mol. The van der Waals surface area contributed by atoms with Crippen molar-refractivity contribution in [2.24, 2.45) is 0 Å². The van der Waals surface area contributed by atoms with Gasteiger partial charge in [0.05, 0.1) is 12.8 Å². The van der Waals surface area contributed by atoms with Crippen molar-refractivity contribution in [3.05, 3.63) is 29.8 Å². The Bertz CT molecular complexity index is 620. The van der Waals surface area contributed by atoms with Crippen LogP contribution in [0.4, 0.5) is 0 Å². The molecule has 20 heavy (non-hydrogen) atoms. The van der Waals surface area contributed by atoms with Gasteiger partial charge in [-0.15, -0.1) is 11.8 Å². The summed E-state index contributed by atoms with van der Waals surface area (Å²) in [5, 5.41) is 14.3. The Kier molecular flexibility index (Phi) is 4.34. The predicted molar refractivity (Wildman–Crippen MR) is 77.9 cm³/mol. The summed E-state index contributed by atoms with van der Waals surface area (Å²) in [6.45, 7) is 1.67. The van der Waals surface area contributed by atoms with Gasteiger partial charge < -0.3 is 9.84 Å². The summed E-state index contributed by atoms with van der Waals surface area (Å²) in [5.41, 5.74) is 2.21. The van der Waals surface area contributed by atoms with Crippen LogP contribution in [-0.2, 0) is 16.1 Å². The van der Waals surface area contributed by atoms with Crippen LogP contribution >= 0.6 is 11.8 Å². The molecule has 0 fully saturated rings. The first-order valence-corrected chi connectivity index (χ1v) is 7.27. The molecule has 0 aliphatic rings. The summed E-state index contributed by atoms with van der Waals surface area (Å²) >= 11 is 1.66. The summed E-state index contributed by atoms with van der Waals surface area (Å²) in [6, 6.07) is 7.89. The summed E-state index contributed by atoms with van der Waals surface area (Å²) in [4.78, 5) is 12.4. The number of thioether (sulfide) groups is 1. The molecule has 0 aliphatic heterocycles. The second-order valence-electron chi connectivity index (χ2n) is 4.26. The lowest BCUT2D eigenvalue weighted by Gasteiger charge is -2.01. The molecule has 1 aromatic heterocycles. The van der Waals surface area contributed by atoms with Crippen LogP contribution in [0.2, 0.25) is 0 Å². The van der Waals surface area contributed by atoms with E-state index in [1.54, 1.807) is 18.7 Å². The maximum atomic E-state index is 11.3. The van der Waals surface area contributed by atoms with Crippen molar-refractivity contribution in [2.45, 2.75) is 18.4 Å². The lowest BCUT2D eigenvalue weighted by molar-refractivity contribution is -0.141. The molecule has 0 atom stereocenters. The zero-order valence-corrected chi connectivity index (χ0v) is 12.4. The van der Waals surface area contributed by atoms with E-state index < -0.39 is 5.97 Å². The van der Waals surface area contributed by atoms with E-state index >= 15 is 0 Å². The van der Waals surface area contributed by atoms with Gasteiger partial charge in [-0.25, -0.2) is 4.68 Å². The Balaban J connectivity index is 2.36. The molecule has 1 aromatic carbocycles. The molecule has 0 saturated heterocycles. The standard InChI is InChI=1S/C14H16N2O3S/c1-9-13(10-4-6-11(20-3)7-5-10)15-16(14(9)18)8-12(17)19-2/h4-7,18H,8H2,1-3H3. The lowest BCUT2D eigenvalue weighted by atomic mass is 10.1. The Morgan fingerprint density at radius 3 is 2.60 bits per heavy atom. The summed E-state index contributed by atoms with van der Waals surface area (Å²) in [6.07, 6.45) is 2.01. The second-order valence-corrected chi connectivity index (χ2v) is 5.14. The molecule has 0 saturated carbocycles. The van der Waals surface area contributed by atoms with Gasteiger partial charge in [0.1, 0.15) is 6.54 Å². The molecule has 0 radical (unpaired) electrons. The van der Waals surface area contributed by atoms with Crippen molar-refractivity contribution in [3.63, 3.8) is 0 Å². The topological polar surface area (TPSA) is 64.4 Å². The first-order valence-electron chi connectivity index (χ1n) is 6.04. The van der Waals surface area contributed by atoms with Crippen LogP contribution in [0.15, 0.2) is 29.2 Å². The van der Waals surface area contributed by atoms with E-state index in [1.165, 1.54) is 11.8 Å². The number of methoxy groups -OCH3 is 1. The Morgan fingerprint density at radius 2 is 2.05 bits per heavy atom. The second kappa shape index (κ2) is 6.00. The summed E-state index contributed by atoms with van der Waals surface area (Å²) in [7, 11) is 1.30. The minimum atomic E-state index is -0.452. The van der Waals surface area contributed by atoms with Crippen molar-refractivity contribution in [2.75, 3.05) is 13.4 Å². The van der Waals surface area contributed by atoms with Crippen LogP contribution in [0.25, 0.3) is 11.3 Å². The van der Waals surface area contributed by atoms with Crippen molar-refractivity contribution in [3.8, 4) is 17.1 Å². The molecule has 6 heteroatoms. The first-order chi connectivity index (χ1) is 9.56. The van der Waals surface area contributed by atoms with Crippen molar-refractivity contribution in [1.29, 1.82) is 0 Å². The zero-order valence-electron chi connectivity index (χ0n) is 11.6. The Hall–Kier alpha value is -1.95. The van der Waals surface area contributed by atoms with Crippen molar-refractivity contribution < 1.29 is 14.6 Å². The maximum absolute atomic E-state index is 11.3. The average Bonchev–Trinajstić information content (AvgIpc) is 2.75. The number of esters is 1. The van der Waals surface area contributed by atoms with E-state index in [1.807, 2.05) is 30.5 Å². The molecule has 0 bridgehead atoms. The quantitative estimate of drug-likeness (QED) is 0.692. The van der Waals surface area contributed by atoms with Gasteiger partial charge in [-0.05, 0) is 25.3 Å². The van der Waals surface area contributed by atoms with Crippen molar-refractivity contribution in [1.82, 2.24) is 9.78 Å². The number of rotatable bonds is 4. The molecule has 0 spiro atoms. The van der Waals surface area contributed by atoms with Gasteiger partial charge in [0, 0.05) is 16.0 Å². The van der Waals surface area contributed by atoms with Gasteiger partial charge in [0.15, 0.2) is 0 Å². The third kappa shape index (κ3) is 2.80. The number of ether oxygens (including phenoxy) is 1. The van der Waals surface area contributed by atoms with E-state index in [9.17, 15) is 9.90 Å². The van der Waals surface area contributed by atoms with Gasteiger partial charge in [-0.1, -0.05) is 12.1 Å². The molecular formula is C14H16N2O3S. The number of carbonyl (C=O) groups excluding carboxylic acids is 1. The number of aromatic nitrogens is 2. The molecule has 0 aliphatic carbocycles. The maximum Gasteiger partial charge on any atom is 0.327 e. The largest absolute Gasteiger partial charge is 0.493 e. The van der Waals surface area contributed by atoms with E-state index in [-0.39, 0.29) is 12.4 Å². The van der Waals surface area contributed by atoms with E-state index in [2.05, 4.69) is 9.84 Å². The molecule has 1 heterocycles. The number of aromatic hydroxyl groups is 1. The highest BCUT2D eigenvalue weighted by Crippen LogP contribution is 2.29. The van der Waals surface area contributed by atoms with Gasteiger partial charge in [0.2, 0.25) is 5.88 Å². The molecule has 5 nitrogen and oxygen atoms in total. The fourth-order valence-electron chi connectivity index (χ4n) is 1.86. The van der Waals surface area contributed by atoms with Gasteiger partial charge in [-0.2, -0.15) is 5.10 Å². The van der Waals surface area contributed by atoms with Crippen LogP contribution < -0.4 is 0 Å². The number of benzene rings is 1. The lowest BCUT2D eigenvalue weighted by Crippen LogP contribution is -2.12. The number of hydrogen-bond acceptors (Lipinski definition) is 5. The van der Waals surface area contributed by atoms with E-state index in [0.29, 0.717) is 11.3 Å². The van der Waals surface area contributed by atoms with Crippen LogP contribution in [0.1, 0.15) is 5.56 Å². The van der Waals surface area contributed by atoms with Crippen LogP contribution in [-0.4, -0.2) is 34.2 Å². The molecule has 0 amide bonds. The first kappa shape index (κ1) is 14.5. The summed E-state index contributed by atoms with van der Waals surface area (Å²) in [5.74, 6) is -0.466. The average molecular weight is 292 g/mol. The normalized spacial score (nSPS) is 10.6. The minimum absolute atomic E-state index is 0.0145. The third-order valence-electron chi connectivity index (χ3n) is 3.03. The third-order valence-corrected chi connectivity index (χ3v) is 3.77. The van der Waals surface area contributed by atoms with Gasteiger partial charge >= 0.3 is 5.97 Å². The highest BCUT2D eigenvalue weighted by atomic mass is 32.2. The molecule has 0 unspecified atom stereocenters. The molecule has 1 N–H and O–H groups in total. The van der Waals surface area contributed by atoms with E-state index in [0.717, 1.165) is 10.5 Å². The van der Waals surface area contributed by atoms with Gasteiger partial charge in [-0.3, -0.25) is 4.79 Å². The van der Waals surface area contributed by atoms with Crippen LogP contribution in [0.3, 0.4) is 0 Å². The SMILES string of the molecule is COC(=O)Cn1nc(-c2ccc(SC)cc2)c(C)c1O. The Labute approximate surface area is 121 Å². The number of nitrogens with zero attached hydrogens (tertiary/aromatic N) is 2. The van der Waals surface area contributed by atoms with Crippen molar-refractivity contribution >= 4 is 17.7 Å². The molecule has 106 valence electrons. The van der Waals surface area contributed by atoms with E-state index in [4.69, 9.17) is 0 Å². The number of hydrogen-bond donors (Lipinski definition) is 1. The fraction of sp³-hybridized carbons (Fsp3) is 0.286. The predicted octanol–water partition coefficient (Wildman–Crippen LogP) is 2.46.